The van der Waals surface area contributed by atoms with Gasteiger partial charge in [0.25, 0.3) is 0 Å². The largest absolute Gasteiger partial charge is 0.383 e. The predicted molar refractivity (Wildman–Crippen MR) is 70.2 cm³/mol. The molecule has 0 radical (unpaired) electrons. The molecule has 0 fully saturated rings. The fourth-order valence-electron chi connectivity index (χ4n) is 1.55. The Kier molecular flexibility index (Phi) is 7.54. The smallest absolute Gasteiger partial charge is 0.0587 e. The number of rotatable bonds is 9. The van der Waals surface area contributed by atoms with E-state index < -0.39 is 0 Å². The fraction of sp³-hybridized carbons (Fsp3) is 0.615. The first kappa shape index (κ1) is 14.1. The van der Waals surface area contributed by atoms with Crippen molar-refractivity contribution in [3.05, 3.63) is 30.1 Å². The summed E-state index contributed by atoms with van der Waals surface area (Å²) in [6, 6.07) is 4.11. The van der Waals surface area contributed by atoms with E-state index in [4.69, 9.17) is 4.74 Å². The van der Waals surface area contributed by atoms with Crippen molar-refractivity contribution in [2.45, 2.75) is 6.42 Å². The standard InChI is InChI=1S/C13H23N3O/c1-16(10-7-14-8-11-17-2)9-5-13-4-3-6-15-12-13/h3-4,6,12,14H,5,7-11H2,1-2H3. The van der Waals surface area contributed by atoms with Gasteiger partial charge in [-0.1, -0.05) is 6.07 Å². The summed E-state index contributed by atoms with van der Waals surface area (Å²) in [6.45, 7) is 4.83. The van der Waals surface area contributed by atoms with E-state index in [1.807, 2.05) is 18.5 Å². The molecule has 0 amide bonds. The average molecular weight is 237 g/mol. The van der Waals surface area contributed by atoms with E-state index in [2.05, 4.69) is 28.3 Å². The SMILES string of the molecule is COCCNCCN(C)CCc1cccnc1. The second-order valence-electron chi connectivity index (χ2n) is 4.16. The number of ether oxygens (including phenoxy) is 1. The molecule has 96 valence electrons. The van der Waals surface area contributed by atoms with Crippen molar-refractivity contribution < 1.29 is 4.74 Å². The minimum absolute atomic E-state index is 0.777. The van der Waals surface area contributed by atoms with Crippen LogP contribution in [0.4, 0.5) is 0 Å². The van der Waals surface area contributed by atoms with E-state index in [9.17, 15) is 0 Å². The molecule has 1 aromatic rings. The van der Waals surface area contributed by atoms with Gasteiger partial charge in [0.05, 0.1) is 6.61 Å². The summed E-state index contributed by atoms with van der Waals surface area (Å²) in [7, 11) is 3.87. The highest BCUT2D eigenvalue weighted by Crippen LogP contribution is 1.97. The molecule has 4 heteroatoms. The number of nitrogens with zero attached hydrogens (tertiary/aromatic N) is 2. The molecule has 0 aliphatic rings. The molecule has 0 spiro atoms. The zero-order valence-corrected chi connectivity index (χ0v) is 10.9. The van der Waals surface area contributed by atoms with E-state index in [0.717, 1.165) is 39.2 Å². The molecule has 1 aromatic heterocycles. The second-order valence-corrected chi connectivity index (χ2v) is 4.16. The van der Waals surface area contributed by atoms with Crippen LogP contribution < -0.4 is 5.32 Å². The van der Waals surface area contributed by atoms with Gasteiger partial charge in [-0.2, -0.15) is 0 Å². The van der Waals surface area contributed by atoms with Crippen molar-refractivity contribution in [3.63, 3.8) is 0 Å². The van der Waals surface area contributed by atoms with Gasteiger partial charge >= 0.3 is 0 Å². The predicted octanol–water partition coefficient (Wildman–Crippen LogP) is 0.792. The molecule has 0 unspecified atom stereocenters. The number of hydrogen-bond acceptors (Lipinski definition) is 4. The van der Waals surface area contributed by atoms with Gasteiger partial charge in [-0.25, -0.2) is 0 Å². The number of nitrogens with one attached hydrogen (secondary N) is 1. The molecule has 0 aromatic carbocycles. The minimum atomic E-state index is 0.777. The maximum Gasteiger partial charge on any atom is 0.0587 e. The molecular formula is C13H23N3O. The van der Waals surface area contributed by atoms with Crippen LogP contribution in [0.3, 0.4) is 0 Å². The Labute approximate surface area is 104 Å². The van der Waals surface area contributed by atoms with Crippen LogP contribution in [0.15, 0.2) is 24.5 Å². The van der Waals surface area contributed by atoms with Crippen molar-refractivity contribution in [2.75, 3.05) is 46.9 Å². The third-order valence-corrected chi connectivity index (χ3v) is 2.66. The van der Waals surface area contributed by atoms with Crippen LogP contribution in [-0.2, 0) is 11.2 Å². The summed E-state index contributed by atoms with van der Waals surface area (Å²) in [6.07, 6.45) is 4.81. The van der Waals surface area contributed by atoms with Gasteiger partial charge < -0.3 is 15.0 Å². The molecule has 17 heavy (non-hydrogen) atoms. The van der Waals surface area contributed by atoms with Crippen LogP contribution in [0.25, 0.3) is 0 Å². The molecule has 0 aliphatic heterocycles. The third kappa shape index (κ3) is 7.05. The van der Waals surface area contributed by atoms with Gasteiger partial charge in [0.15, 0.2) is 0 Å². The Morgan fingerprint density at radius 1 is 1.35 bits per heavy atom. The van der Waals surface area contributed by atoms with Gasteiger partial charge in [0, 0.05) is 45.7 Å². The molecular weight excluding hydrogens is 214 g/mol. The quantitative estimate of drug-likeness (QED) is 0.644. The van der Waals surface area contributed by atoms with E-state index >= 15 is 0 Å². The van der Waals surface area contributed by atoms with Crippen molar-refractivity contribution in [3.8, 4) is 0 Å². The van der Waals surface area contributed by atoms with Gasteiger partial charge in [0.2, 0.25) is 0 Å². The number of pyridine rings is 1. The Morgan fingerprint density at radius 2 is 2.24 bits per heavy atom. The van der Waals surface area contributed by atoms with E-state index in [0.29, 0.717) is 0 Å². The van der Waals surface area contributed by atoms with Crippen molar-refractivity contribution in [2.24, 2.45) is 0 Å². The van der Waals surface area contributed by atoms with Crippen LogP contribution in [0.2, 0.25) is 0 Å². The molecule has 0 aliphatic carbocycles. The minimum Gasteiger partial charge on any atom is -0.383 e. The van der Waals surface area contributed by atoms with Crippen molar-refractivity contribution >= 4 is 0 Å². The van der Waals surface area contributed by atoms with Crippen LogP contribution in [-0.4, -0.2) is 56.8 Å². The Balaban J connectivity index is 2.03. The fourth-order valence-corrected chi connectivity index (χ4v) is 1.55. The summed E-state index contributed by atoms with van der Waals surface area (Å²) >= 11 is 0. The Morgan fingerprint density at radius 3 is 2.94 bits per heavy atom. The highest BCUT2D eigenvalue weighted by atomic mass is 16.5. The molecule has 0 saturated heterocycles. The summed E-state index contributed by atoms with van der Waals surface area (Å²) in [5.74, 6) is 0. The summed E-state index contributed by atoms with van der Waals surface area (Å²) < 4.78 is 4.97. The van der Waals surface area contributed by atoms with Crippen molar-refractivity contribution in [1.29, 1.82) is 0 Å². The maximum absolute atomic E-state index is 4.97. The van der Waals surface area contributed by atoms with E-state index in [1.54, 1.807) is 7.11 Å². The van der Waals surface area contributed by atoms with E-state index in [-0.39, 0.29) is 0 Å². The highest BCUT2D eigenvalue weighted by molar-refractivity contribution is 5.08. The molecule has 4 nitrogen and oxygen atoms in total. The monoisotopic (exact) mass is 237 g/mol. The molecule has 1 rings (SSSR count). The lowest BCUT2D eigenvalue weighted by atomic mass is 10.2. The molecule has 0 bridgehead atoms. The zero-order valence-electron chi connectivity index (χ0n) is 10.9. The number of hydrogen-bond donors (Lipinski definition) is 1. The summed E-state index contributed by atoms with van der Waals surface area (Å²) in [5.41, 5.74) is 1.30. The molecule has 0 saturated carbocycles. The number of methoxy groups -OCH3 is 1. The topological polar surface area (TPSA) is 37.4 Å². The number of aromatic nitrogens is 1. The molecule has 1 heterocycles. The van der Waals surface area contributed by atoms with Gasteiger partial charge in [0.1, 0.15) is 0 Å². The number of likely N-dealkylation sites (N-methyl/N-ethyl adjacent to an activating group) is 1. The first-order chi connectivity index (χ1) is 8.33. The van der Waals surface area contributed by atoms with E-state index in [1.165, 1.54) is 5.56 Å². The van der Waals surface area contributed by atoms with Gasteiger partial charge in [-0.15, -0.1) is 0 Å². The van der Waals surface area contributed by atoms with Crippen LogP contribution in [0.1, 0.15) is 5.56 Å². The highest BCUT2D eigenvalue weighted by Gasteiger charge is 1.99. The normalized spacial score (nSPS) is 11.0. The maximum atomic E-state index is 4.97. The lowest BCUT2D eigenvalue weighted by Gasteiger charge is -2.16. The van der Waals surface area contributed by atoms with Crippen LogP contribution >= 0.6 is 0 Å². The van der Waals surface area contributed by atoms with Crippen LogP contribution in [0, 0.1) is 0 Å². The molecule has 1 N–H and O–H groups in total. The average Bonchev–Trinajstić information content (AvgIpc) is 2.37. The zero-order chi connectivity index (χ0) is 12.3. The summed E-state index contributed by atoms with van der Waals surface area (Å²) in [5, 5.41) is 3.34. The van der Waals surface area contributed by atoms with Crippen LogP contribution in [0.5, 0.6) is 0 Å². The Bertz CT molecular complexity index is 279. The van der Waals surface area contributed by atoms with Crippen molar-refractivity contribution in [1.82, 2.24) is 15.2 Å². The molecule has 0 atom stereocenters. The Hall–Kier alpha value is -0.970. The lowest BCUT2D eigenvalue weighted by molar-refractivity contribution is 0.198. The summed E-state index contributed by atoms with van der Waals surface area (Å²) in [4.78, 5) is 6.44. The second kappa shape index (κ2) is 9.10. The van der Waals surface area contributed by atoms with Gasteiger partial charge in [-0.05, 0) is 25.1 Å². The first-order valence-electron chi connectivity index (χ1n) is 6.10. The van der Waals surface area contributed by atoms with Gasteiger partial charge in [-0.3, -0.25) is 4.98 Å². The third-order valence-electron chi connectivity index (χ3n) is 2.66. The lowest BCUT2D eigenvalue weighted by Crippen LogP contribution is -2.32. The first-order valence-corrected chi connectivity index (χ1v) is 6.10.